The number of rotatable bonds is 7. The Balaban J connectivity index is 3.39. The van der Waals surface area contributed by atoms with Crippen molar-refractivity contribution in [1.82, 2.24) is 5.32 Å². The van der Waals surface area contributed by atoms with Crippen LogP contribution < -0.4 is 14.8 Å². The first kappa shape index (κ1) is 15.8. The SMILES string of the molecule is CCC(C)(OC)C(NC)c1c(OC)cccc1OC. The molecule has 0 bridgehead atoms. The maximum Gasteiger partial charge on any atom is 0.127 e. The van der Waals surface area contributed by atoms with E-state index in [-0.39, 0.29) is 11.6 Å². The third kappa shape index (κ3) is 3.01. The molecule has 2 atom stereocenters. The van der Waals surface area contributed by atoms with Gasteiger partial charge in [0.1, 0.15) is 11.5 Å². The fourth-order valence-electron chi connectivity index (χ4n) is 2.39. The zero-order chi connectivity index (χ0) is 14.5. The molecule has 0 saturated heterocycles. The lowest BCUT2D eigenvalue weighted by atomic mass is 9.86. The average Bonchev–Trinajstić information content (AvgIpc) is 2.47. The van der Waals surface area contributed by atoms with Gasteiger partial charge in [0.15, 0.2) is 0 Å². The summed E-state index contributed by atoms with van der Waals surface area (Å²) in [4.78, 5) is 0. The number of hydrogen-bond acceptors (Lipinski definition) is 4. The van der Waals surface area contributed by atoms with Crippen molar-refractivity contribution < 1.29 is 14.2 Å². The summed E-state index contributed by atoms with van der Waals surface area (Å²) in [7, 11) is 6.99. The van der Waals surface area contributed by atoms with Gasteiger partial charge in [0.25, 0.3) is 0 Å². The molecule has 0 aliphatic carbocycles. The normalized spacial score (nSPS) is 15.7. The summed E-state index contributed by atoms with van der Waals surface area (Å²) in [6.45, 7) is 4.19. The van der Waals surface area contributed by atoms with Crippen molar-refractivity contribution in [2.75, 3.05) is 28.4 Å². The molecule has 0 aliphatic heterocycles. The van der Waals surface area contributed by atoms with Crippen LogP contribution in [0.3, 0.4) is 0 Å². The van der Waals surface area contributed by atoms with Crippen LogP contribution >= 0.6 is 0 Å². The molecule has 0 saturated carbocycles. The second-order valence-electron chi connectivity index (χ2n) is 4.67. The van der Waals surface area contributed by atoms with Crippen molar-refractivity contribution in [2.45, 2.75) is 31.9 Å². The molecule has 0 amide bonds. The van der Waals surface area contributed by atoms with Gasteiger partial charge in [-0.15, -0.1) is 0 Å². The van der Waals surface area contributed by atoms with E-state index < -0.39 is 0 Å². The molecule has 0 aromatic heterocycles. The Morgan fingerprint density at radius 2 is 1.68 bits per heavy atom. The van der Waals surface area contributed by atoms with E-state index in [1.54, 1.807) is 21.3 Å². The molecule has 2 unspecified atom stereocenters. The zero-order valence-corrected chi connectivity index (χ0v) is 12.7. The highest BCUT2D eigenvalue weighted by molar-refractivity contribution is 5.48. The first-order chi connectivity index (χ1) is 9.07. The molecule has 0 spiro atoms. The van der Waals surface area contributed by atoms with Crippen LogP contribution in [-0.4, -0.2) is 34.0 Å². The lowest BCUT2D eigenvalue weighted by molar-refractivity contribution is -0.0291. The molecule has 0 fully saturated rings. The van der Waals surface area contributed by atoms with Crippen LogP contribution in [0.5, 0.6) is 11.5 Å². The van der Waals surface area contributed by atoms with Gasteiger partial charge in [-0.2, -0.15) is 0 Å². The van der Waals surface area contributed by atoms with E-state index in [9.17, 15) is 0 Å². The molecular weight excluding hydrogens is 242 g/mol. The van der Waals surface area contributed by atoms with E-state index in [1.165, 1.54) is 0 Å². The third-order valence-corrected chi connectivity index (χ3v) is 3.82. The van der Waals surface area contributed by atoms with Crippen molar-refractivity contribution in [2.24, 2.45) is 0 Å². The maximum atomic E-state index is 5.72. The molecule has 1 N–H and O–H groups in total. The van der Waals surface area contributed by atoms with E-state index in [0.29, 0.717) is 0 Å². The lowest BCUT2D eigenvalue weighted by Gasteiger charge is -2.37. The molecule has 1 rings (SSSR count). The monoisotopic (exact) mass is 267 g/mol. The second-order valence-corrected chi connectivity index (χ2v) is 4.67. The molecule has 0 heterocycles. The van der Waals surface area contributed by atoms with Gasteiger partial charge in [-0.3, -0.25) is 0 Å². The van der Waals surface area contributed by atoms with Crippen LogP contribution in [0.1, 0.15) is 31.9 Å². The van der Waals surface area contributed by atoms with Crippen LogP contribution in [0, 0.1) is 0 Å². The summed E-state index contributed by atoms with van der Waals surface area (Å²) >= 11 is 0. The van der Waals surface area contributed by atoms with Crippen LogP contribution in [-0.2, 0) is 4.74 Å². The topological polar surface area (TPSA) is 39.7 Å². The van der Waals surface area contributed by atoms with Gasteiger partial charge >= 0.3 is 0 Å². The highest BCUT2D eigenvalue weighted by Crippen LogP contribution is 2.41. The fourth-order valence-corrected chi connectivity index (χ4v) is 2.39. The quantitative estimate of drug-likeness (QED) is 0.824. The van der Waals surface area contributed by atoms with Crippen LogP contribution in [0.2, 0.25) is 0 Å². The number of methoxy groups -OCH3 is 3. The predicted octanol–water partition coefficient (Wildman–Crippen LogP) is 2.78. The van der Waals surface area contributed by atoms with Gasteiger partial charge in [0.05, 0.1) is 31.4 Å². The van der Waals surface area contributed by atoms with Gasteiger partial charge < -0.3 is 19.5 Å². The van der Waals surface area contributed by atoms with E-state index >= 15 is 0 Å². The first-order valence-corrected chi connectivity index (χ1v) is 6.51. The van der Waals surface area contributed by atoms with E-state index in [0.717, 1.165) is 23.5 Å². The van der Waals surface area contributed by atoms with Crippen molar-refractivity contribution in [3.05, 3.63) is 23.8 Å². The fraction of sp³-hybridized carbons (Fsp3) is 0.600. The zero-order valence-electron chi connectivity index (χ0n) is 12.7. The molecular formula is C15H25NO3. The number of nitrogens with one attached hydrogen (secondary N) is 1. The minimum atomic E-state index is -0.337. The molecule has 19 heavy (non-hydrogen) atoms. The first-order valence-electron chi connectivity index (χ1n) is 6.51. The van der Waals surface area contributed by atoms with Crippen molar-refractivity contribution in [3.8, 4) is 11.5 Å². The predicted molar refractivity (Wildman–Crippen MR) is 77.1 cm³/mol. The van der Waals surface area contributed by atoms with Crippen molar-refractivity contribution in [1.29, 1.82) is 0 Å². The Labute approximate surface area is 116 Å². The van der Waals surface area contributed by atoms with Gasteiger partial charge in [0.2, 0.25) is 0 Å². The Morgan fingerprint density at radius 1 is 1.16 bits per heavy atom. The van der Waals surface area contributed by atoms with E-state index in [2.05, 4.69) is 19.2 Å². The lowest BCUT2D eigenvalue weighted by Crippen LogP contribution is -2.41. The van der Waals surface area contributed by atoms with Gasteiger partial charge in [0, 0.05) is 7.11 Å². The number of hydrogen-bond donors (Lipinski definition) is 1. The average molecular weight is 267 g/mol. The molecule has 1 aromatic carbocycles. The molecule has 0 aliphatic rings. The summed E-state index contributed by atoms with van der Waals surface area (Å²) in [6.07, 6.45) is 0.871. The Hall–Kier alpha value is -1.26. The van der Waals surface area contributed by atoms with Crippen LogP contribution in [0.25, 0.3) is 0 Å². The number of benzene rings is 1. The summed E-state index contributed by atoms with van der Waals surface area (Å²) in [6, 6.07) is 5.78. The van der Waals surface area contributed by atoms with Crippen molar-refractivity contribution in [3.63, 3.8) is 0 Å². The minimum absolute atomic E-state index is 0.0198. The summed E-state index contributed by atoms with van der Waals surface area (Å²) in [5.74, 6) is 1.60. The van der Waals surface area contributed by atoms with Gasteiger partial charge in [-0.1, -0.05) is 13.0 Å². The van der Waals surface area contributed by atoms with Crippen LogP contribution in [0.15, 0.2) is 18.2 Å². The summed E-state index contributed by atoms with van der Waals surface area (Å²) < 4.78 is 16.7. The Kier molecular flexibility index (Phi) is 5.63. The van der Waals surface area contributed by atoms with Gasteiger partial charge in [-0.25, -0.2) is 0 Å². The smallest absolute Gasteiger partial charge is 0.127 e. The van der Waals surface area contributed by atoms with Crippen LogP contribution in [0.4, 0.5) is 0 Å². The number of likely N-dealkylation sites (N-methyl/N-ethyl adjacent to an activating group) is 1. The maximum absolute atomic E-state index is 5.72. The molecule has 0 radical (unpaired) electrons. The Bertz CT molecular complexity index is 380. The van der Waals surface area contributed by atoms with Crippen molar-refractivity contribution >= 4 is 0 Å². The molecule has 1 aromatic rings. The molecule has 4 nitrogen and oxygen atoms in total. The van der Waals surface area contributed by atoms with E-state index in [4.69, 9.17) is 14.2 Å². The highest BCUT2D eigenvalue weighted by Gasteiger charge is 2.36. The Morgan fingerprint density at radius 3 is 2.00 bits per heavy atom. The molecule has 108 valence electrons. The molecule has 4 heteroatoms. The standard InChI is InChI=1S/C15H25NO3/c1-7-15(2,19-6)14(16-3)13-11(17-4)9-8-10-12(13)18-5/h8-10,14,16H,7H2,1-6H3. The summed E-state index contributed by atoms with van der Waals surface area (Å²) in [5.41, 5.74) is 0.651. The second kappa shape index (κ2) is 6.78. The summed E-state index contributed by atoms with van der Waals surface area (Å²) in [5, 5.41) is 3.33. The largest absolute Gasteiger partial charge is 0.496 e. The minimum Gasteiger partial charge on any atom is -0.496 e. The third-order valence-electron chi connectivity index (χ3n) is 3.82. The van der Waals surface area contributed by atoms with Gasteiger partial charge in [-0.05, 0) is 32.5 Å². The van der Waals surface area contributed by atoms with E-state index in [1.807, 2.05) is 25.2 Å². The number of ether oxygens (including phenoxy) is 3. The highest BCUT2D eigenvalue weighted by atomic mass is 16.5.